The largest absolute Gasteiger partial charge is 0.334 e. The van der Waals surface area contributed by atoms with Crippen LogP contribution in [0.2, 0.25) is 0 Å². The van der Waals surface area contributed by atoms with Crippen molar-refractivity contribution in [3.63, 3.8) is 0 Å². The molecule has 18 heavy (non-hydrogen) atoms. The Balaban J connectivity index is 1.67. The summed E-state index contributed by atoms with van der Waals surface area (Å²) in [7, 11) is 0. The van der Waals surface area contributed by atoms with Gasteiger partial charge in [-0.05, 0) is 47.6 Å². The van der Waals surface area contributed by atoms with Gasteiger partial charge in [-0.25, -0.2) is 0 Å². The van der Waals surface area contributed by atoms with Crippen LogP contribution >= 0.6 is 11.3 Å². The van der Waals surface area contributed by atoms with Crippen molar-refractivity contribution < 1.29 is 4.79 Å². The van der Waals surface area contributed by atoms with Crippen LogP contribution in [0.25, 0.3) is 0 Å². The predicted octanol–water partition coefficient (Wildman–Crippen LogP) is 2.54. The highest BCUT2D eigenvalue weighted by molar-refractivity contribution is 7.07. The van der Waals surface area contributed by atoms with Crippen LogP contribution < -0.4 is 5.73 Å². The van der Waals surface area contributed by atoms with E-state index in [4.69, 9.17) is 5.73 Å². The molecule has 1 aliphatic carbocycles. The summed E-state index contributed by atoms with van der Waals surface area (Å²) in [4.78, 5) is 14.4. The molecule has 2 heterocycles. The zero-order valence-electron chi connectivity index (χ0n) is 10.5. The first kappa shape index (κ1) is 12.2. The summed E-state index contributed by atoms with van der Waals surface area (Å²) in [5, 5.41) is 4.24. The molecule has 3 nitrogen and oxygen atoms in total. The molecule has 0 radical (unpaired) electrons. The molecule has 3 rings (SSSR count). The van der Waals surface area contributed by atoms with Gasteiger partial charge in [-0.15, -0.1) is 0 Å². The third kappa shape index (κ3) is 2.45. The minimum Gasteiger partial charge on any atom is -0.334 e. The smallest absolute Gasteiger partial charge is 0.240 e. The van der Waals surface area contributed by atoms with Crippen molar-refractivity contribution in [3.8, 4) is 0 Å². The average Bonchev–Trinajstić information content (AvgIpc) is 2.88. The summed E-state index contributed by atoms with van der Waals surface area (Å²) in [6.07, 6.45) is 5.58. The summed E-state index contributed by atoms with van der Waals surface area (Å²) in [5.74, 6) is 0.877. The first-order valence-electron chi connectivity index (χ1n) is 6.84. The van der Waals surface area contributed by atoms with Crippen LogP contribution in [0.5, 0.6) is 0 Å². The van der Waals surface area contributed by atoms with Crippen LogP contribution in [0.3, 0.4) is 0 Å². The molecule has 1 aliphatic heterocycles. The first-order valence-corrected chi connectivity index (χ1v) is 7.78. The van der Waals surface area contributed by atoms with Crippen LogP contribution in [0.15, 0.2) is 16.8 Å². The third-order valence-corrected chi connectivity index (χ3v) is 4.77. The number of hydrogen-bond acceptors (Lipinski definition) is 3. The molecule has 1 amide bonds. The maximum absolute atomic E-state index is 12.4. The number of rotatable bonds is 4. The molecule has 1 saturated heterocycles. The van der Waals surface area contributed by atoms with Crippen LogP contribution in [0, 0.1) is 5.92 Å². The normalized spacial score (nSPS) is 25.4. The van der Waals surface area contributed by atoms with Gasteiger partial charge in [-0.3, -0.25) is 4.79 Å². The number of thiophene rings is 1. The van der Waals surface area contributed by atoms with Crippen molar-refractivity contribution in [1.29, 1.82) is 0 Å². The van der Waals surface area contributed by atoms with E-state index < -0.39 is 0 Å². The van der Waals surface area contributed by atoms with E-state index in [-0.39, 0.29) is 18.0 Å². The fourth-order valence-electron chi connectivity index (χ4n) is 2.87. The highest BCUT2D eigenvalue weighted by Gasteiger charge is 2.35. The number of carbonyl (C=O) groups is 1. The van der Waals surface area contributed by atoms with Gasteiger partial charge in [0, 0.05) is 6.54 Å². The van der Waals surface area contributed by atoms with Crippen molar-refractivity contribution in [2.24, 2.45) is 11.7 Å². The number of nitrogens with zero attached hydrogens (tertiary/aromatic N) is 1. The summed E-state index contributed by atoms with van der Waals surface area (Å²) >= 11 is 1.70. The first-order chi connectivity index (χ1) is 8.75. The Bertz CT molecular complexity index is 413. The Kier molecular flexibility index (Phi) is 3.39. The van der Waals surface area contributed by atoms with Crippen LogP contribution in [0.1, 0.15) is 43.7 Å². The van der Waals surface area contributed by atoms with Gasteiger partial charge in [0.25, 0.3) is 0 Å². The van der Waals surface area contributed by atoms with Gasteiger partial charge in [0.1, 0.15) is 0 Å². The van der Waals surface area contributed by atoms with Crippen molar-refractivity contribution >= 4 is 17.2 Å². The fraction of sp³-hybridized carbons (Fsp3) is 0.643. The molecule has 0 aromatic carbocycles. The lowest BCUT2D eigenvalue weighted by molar-refractivity contribution is -0.133. The maximum atomic E-state index is 12.4. The zero-order chi connectivity index (χ0) is 12.5. The molecule has 2 aliphatic rings. The SMILES string of the molecule is N[C@@H](CC1CC1)C(=O)N1CCCC1c1ccsc1. The quantitative estimate of drug-likeness (QED) is 0.908. The summed E-state index contributed by atoms with van der Waals surface area (Å²) < 4.78 is 0. The number of carbonyl (C=O) groups excluding carboxylic acids is 1. The van der Waals surface area contributed by atoms with Crippen LogP contribution in [-0.4, -0.2) is 23.4 Å². The molecule has 0 bridgehead atoms. The molecular formula is C14H20N2OS. The topological polar surface area (TPSA) is 46.3 Å². The van der Waals surface area contributed by atoms with E-state index in [2.05, 4.69) is 16.8 Å². The highest BCUT2D eigenvalue weighted by atomic mass is 32.1. The van der Waals surface area contributed by atoms with E-state index in [9.17, 15) is 4.79 Å². The Morgan fingerprint density at radius 3 is 3.00 bits per heavy atom. The minimum absolute atomic E-state index is 0.163. The molecule has 1 unspecified atom stereocenters. The predicted molar refractivity (Wildman–Crippen MR) is 73.3 cm³/mol. The van der Waals surface area contributed by atoms with Gasteiger partial charge >= 0.3 is 0 Å². The molecule has 1 saturated carbocycles. The number of amides is 1. The van der Waals surface area contributed by atoms with Gasteiger partial charge < -0.3 is 10.6 Å². The molecule has 2 fully saturated rings. The molecule has 0 spiro atoms. The molecular weight excluding hydrogens is 244 g/mol. The van der Waals surface area contributed by atoms with E-state index in [0.29, 0.717) is 5.92 Å². The monoisotopic (exact) mass is 264 g/mol. The Morgan fingerprint density at radius 2 is 2.33 bits per heavy atom. The standard InChI is InChI=1S/C14H20N2OS/c15-12(8-10-3-4-10)14(17)16-6-1-2-13(16)11-5-7-18-9-11/h5,7,9-10,12-13H,1-4,6,8,15H2/t12-,13?/m0/s1. The summed E-state index contributed by atoms with van der Waals surface area (Å²) in [5.41, 5.74) is 7.35. The lowest BCUT2D eigenvalue weighted by Crippen LogP contribution is -2.43. The second kappa shape index (κ2) is 5.02. The van der Waals surface area contributed by atoms with E-state index in [0.717, 1.165) is 25.8 Å². The Labute approximate surface area is 112 Å². The second-order valence-corrected chi connectivity index (χ2v) is 6.31. The average molecular weight is 264 g/mol. The Hall–Kier alpha value is -0.870. The van der Waals surface area contributed by atoms with E-state index in [1.807, 2.05) is 4.90 Å². The van der Waals surface area contributed by atoms with Gasteiger partial charge in [-0.1, -0.05) is 12.8 Å². The Morgan fingerprint density at radius 1 is 1.50 bits per heavy atom. The third-order valence-electron chi connectivity index (χ3n) is 4.07. The second-order valence-electron chi connectivity index (χ2n) is 5.53. The molecule has 1 aromatic heterocycles. The lowest BCUT2D eigenvalue weighted by Gasteiger charge is -2.27. The van der Waals surface area contributed by atoms with Crippen molar-refractivity contribution in [2.45, 2.75) is 44.2 Å². The molecule has 1 aromatic rings. The van der Waals surface area contributed by atoms with Gasteiger partial charge in [0.05, 0.1) is 12.1 Å². The van der Waals surface area contributed by atoms with Gasteiger partial charge in [0.15, 0.2) is 0 Å². The van der Waals surface area contributed by atoms with E-state index in [1.165, 1.54) is 18.4 Å². The number of likely N-dealkylation sites (tertiary alicyclic amines) is 1. The molecule has 2 N–H and O–H groups in total. The van der Waals surface area contributed by atoms with E-state index in [1.54, 1.807) is 11.3 Å². The molecule has 4 heteroatoms. The number of hydrogen-bond donors (Lipinski definition) is 1. The van der Waals surface area contributed by atoms with E-state index >= 15 is 0 Å². The van der Waals surface area contributed by atoms with Crippen molar-refractivity contribution in [2.75, 3.05) is 6.54 Å². The fourth-order valence-corrected chi connectivity index (χ4v) is 3.58. The summed E-state index contributed by atoms with van der Waals surface area (Å²) in [6, 6.07) is 2.12. The van der Waals surface area contributed by atoms with Crippen molar-refractivity contribution in [1.82, 2.24) is 4.90 Å². The number of nitrogens with two attached hydrogens (primary N) is 1. The summed E-state index contributed by atoms with van der Waals surface area (Å²) in [6.45, 7) is 0.873. The lowest BCUT2D eigenvalue weighted by atomic mass is 10.1. The van der Waals surface area contributed by atoms with Crippen LogP contribution in [0.4, 0.5) is 0 Å². The van der Waals surface area contributed by atoms with Crippen molar-refractivity contribution in [3.05, 3.63) is 22.4 Å². The minimum atomic E-state index is -0.281. The van der Waals surface area contributed by atoms with Gasteiger partial charge in [0.2, 0.25) is 5.91 Å². The van der Waals surface area contributed by atoms with Crippen LogP contribution in [-0.2, 0) is 4.79 Å². The van der Waals surface area contributed by atoms with Gasteiger partial charge in [-0.2, -0.15) is 11.3 Å². The highest BCUT2D eigenvalue weighted by Crippen LogP contribution is 2.36. The zero-order valence-corrected chi connectivity index (χ0v) is 11.4. The molecule has 2 atom stereocenters. The maximum Gasteiger partial charge on any atom is 0.240 e. The molecule has 98 valence electrons.